The van der Waals surface area contributed by atoms with E-state index >= 15 is 0 Å². The fourth-order valence-electron chi connectivity index (χ4n) is 1.45. The average molecular weight is 158 g/mol. The van der Waals surface area contributed by atoms with Gasteiger partial charge in [-0.1, -0.05) is 0 Å². The molecule has 64 valence electrons. The van der Waals surface area contributed by atoms with E-state index in [1.54, 1.807) is 6.92 Å². The summed E-state index contributed by atoms with van der Waals surface area (Å²) in [7, 11) is 0. The first-order chi connectivity index (χ1) is 5.04. The summed E-state index contributed by atoms with van der Waals surface area (Å²) < 4.78 is 0. The van der Waals surface area contributed by atoms with Crippen molar-refractivity contribution in [3.8, 4) is 0 Å². The number of aliphatic hydroxyl groups is 1. The van der Waals surface area contributed by atoms with E-state index in [4.69, 9.17) is 10.2 Å². The maximum absolute atomic E-state index is 10.7. The molecule has 0 aromatic carbocycles. The quantitative estimate of drug-likeness (QED) is 0.598. The second kappa shape index (κ2) is 2.81. The van der Waals surface area contributed by atoms with E-state index in [0.717, 1.165) is 0 Å². The molecule has 1 saturated carbocycles. The van der Waals surface area contributed by atoms with Crippen molar-refractivity contribution >= 4 is 5.97 Å². The van der Waals surface area contributed by atoms with Crippen molar-refractivity contribution in [2.75, 3.05) is 0 Å². The Morgan fingerprint density at radius 2 is 1.91 bits per heavy atom. The molecule has 0 bridgehead atoms. The smallest absolute Gasteiger partial charge is 0.309 e. The summed E-state index contributed by atoms with van der Waals surface area (Å²) in [6, 6.07) is 0. The highest BCUT2D eigenvalue weighted by molar-refractivity contribution is 5.74. The van der Waals surface area contributed by atoms with Crippen molar-refractivity contribution < 1.29 is 15.0 Å². The van der Waals surface area contributed by atoms with Gasteiger partial charge in [0.2, 0.25) is 0 Å². The molecule has 3 heteroatoms. The van der Waals surface area contributed by atoms with Crippen molar-refractivity contribution in [2.24, 2.45) is 5.41 Å². The molecule has 0 aromatic rings. The van der Waals surface area contributed by atoms with Crippen LogP contribution in [0.15, 0.2) is 0 Å². The van der Waals surface area contributed by atoms with Crippen LogP contribution in [-0.4, -0.2) is 22.3 Å². The van der Waals surface area contributed by atoms with Gasteiger partial charge in [-0.2, -0.15) is 0 Å². The first kappa shape index (κ1) is 8.53. The molecule has 1 aliphatic rings. The molecular formula is C8H14O3. The fraction of sp³-hybridized carbons (Fsp3) is 0.875. The number of aliphatic hydroxyl groups excluding tert-OH is 1. The second-order valence-electron chi connectivity index (χ2n) is 3.60. The van der Waals surface area contributed by atoms with E-state index in [2.05, 4.69) is 0 Å². The minimum absolute atomic E-state index is 0.276. The van der Waals surface area contributed by atoms with Gasteiger partial charge in [0.15, 0.2) is 0 Å². The number of carbonyl (C=O) groups is 1. The zero-order valence-electron chi connectivity index (χ0n) is 6.71. The number of rotatable bonds is 1. The Morgan fingerprint density at radius 1 is 1.45 bits per heavy atom. The maximum atomic E-state index is 10.7. The monoisotopic (exact) mass is 158 g/mol. The van der Waals surface area contributed by atoms with E-state index in [-0.39, 0.29) is 6.10 Å². The van der Waals surface area contributed by atoms with Crippen LogP contribution in [0.25, 0.3) is 0 Å². The Kier molecular flexibility index (Phi) is 2.18. The zero-order chi connectivity index (χ0) is 8.48. The van der Waals surface area contributed by atoms with Crippen molar-refractivity contribution in [2.45, 2.75) is 38.7 Å². The van der Waals surface area contributed by atoms with Crippen LogP contribution in [0.1, 0.15) is 32.6 Å². The molecule has 0 aromatic heterocycles. The molecule has 0 atom stereocenters. The largest absolute Gasteiger partial charge is 0.481 e. The summed E-state index contributed by atoms with van der Waals surface area (Å²) in [5.41, 5.74) is -0.584. The van der Waals surface area contributed by atoms with Gasteiger partial charge in [0.25, 0.3) is 0 Å². The first-order valence-electron chi connectivity index (χ1n) is 3.96. The molecule has 2 N–H and O–H groups in total. The number of carboxylic acids is 1. The number of hydrogen-bond acceptors (Lipinski definition) is 2. The van der Waals surface area contributed by atoms with Crippen molar-refractivity contribution in [3.63, 3.8) is 0 Å². The van der Waals surface area contributed by atoms with Crippen LogP contribution in [-0.2, 0) is 4.79 Å². The molecule has 0 radical (unpaired) electrons. The second-order valence-corrected chi connectivity index (χ2v) is 3.60. The summed E-state index contributed by atoms with van der Waals surface area (Å²) in [6.07, 6.45) is 2.18. The van der Waals surface area contributed by atoms with Crippen LogP contribution in [0.2, 0.25) is 0 Å². The predicted molar refractivity (Wildman–Crippen MR) is 40.2 cm³/mol. The molecule has 11 heavy (non-hydrogen) atoms. The molecule has 0 saturated heterocycles. The highest BCUT2D eigenvalue weighted by Crippen LogP contribution is 2.35. The molecule has 3 nitrogen and oxygen atoms in total. The molecule has 0 amide bonds. The van der Waals surface area contributed by atoms with E-state index < -0.39 is 11.4 Å². The zero-order valence-corrected chi connectivity index (χ0v) is 6.71. The summed E-state index contributed by atoms with van der Waals surface area (Å²) in [5, 5.41) is 17.9. The molecule has 1 rings (SSSR count). The molecule has 0 unspecified atom stereocenters. The number of carboxylic acid groups (broad SMARTS) is 1. The first-order valence-corrected chi connectivity index (χ1v) is 3.96. The van der Waals surface area contributed by atoms with Gasteiger partial charge in [0, 0.05) is 0 Å². The highest BCUT2D eigenvalue weighted by atomic mass is 16.4. The fourth-order valence-corrected chi connectivity index (χ4v) is 1.45. The van der Waals surface area contributed by atoms with Crippen LogP contribution in [0.3, 0.4) is 0 Å². The molecule has 1 aliphatic carbocycles. The van der Waals surface area contributed by atoms with Crippen molar-refractivity contribution in [1.82, 2.24) is 0 Å². The van der Waals surface area contributed by atoms with Crippen LogP contribution < -0.4 is 0 Å². The Morgan fingerprint density at radius 3 is 2.27 bits per heavy atom. The standard InChI is InChI=1S/C8H14O3/c1-8(7(10)11)4-2-6(9)3-5-8/h6,9H,2-5H2,1H3,(H,10,11). The molecule has 0 aliphatic heterocycles. The topological polar surface area (TPSA) is 57.5 Å². The lowest BCUT2D eigenvalue weighted by Gasteiger charge is -2.31. The summed E-state index contributed by atoms with van der Waals surface area (Å²) >= 11 is 0. The minimum atomic E-state index is -0.732. The summed E-state index contributed by atoms with van der Waals surface area (Å²) in [6.45, 7) is 1.75. The van der Waals surface area contributed by atoms with Crippen molar-refractivity contribution in [1.29, 1.82) is 0 Å². The SMILES string of the molecule is CC1(C(=O)O)CCC(O)CC1. The van der Waals surface area contributed by atoms with Gasteiger partial charge in [0.05, 0.1) is 11.5 Å². The van der Waals surface area contributed by atoms with Crippen LogP contribution in [0, 0.1) is 5.41 Å². The average Bonchev–Trinajstić information content (AvgIpc) is 1.95. The van der Waals surface area contributed by atoms with Gasteiger partial charge in [0.1, 0.15) is 0 Å². The third kappa shape index (κ3) is 1.71. The van der Waals surface area contributed by atoms with Crippen molar-refractivity contribution in [3.05, 3.63) is 0 Å². The predicted octanol–water partition coefficient (Wildman–Crippen LogP) is 1.01. The maximum Gasteiger partial charge on any atom is 0.309 e. The third-order valence-electron chi connectivity index (χ3n) is 2.57. The van der Waals surface area contributed by atoms with Crippen LogP contribution in [0.4, 0.5) is 0 Å². The number of hydrogen-bond donors (Lipinski definition) is 2. The Hall–Kier alpha value is -0.570. The van der Waals surface area contributed by atoms with Gasteiger partial charge >= 0.3 is 5.97 Å². The number of aliphatic carboxylic acids is 1. The van der Waals surface area contributed by atoms with E-state index in [9.17, 15) is 4.79 Å². The van der Waals surface area contributed by atoms with Gasteiger partial charge in [-0.15, -0.1) is 0 Å². The Balaban J connectivity index is 2.55. The van der Waals surface area contributed by atoms with E-state index in [0.29, 0.717) is 25.7 Å². The lowest BCUT2D eigenvalue weighted by atomic mass is 9.75. The van der Waals surface area contributed by atoms with Gasteiger partial charge in [-0.05, 0) is 32.6 Å². The van der Waals surface area contributed by atoms with Gasteiger partial charge in [-0.3, -0.25) is 4.79 Å². The Labute approximate surface area is 66.0 Å². The van der Waals surface area contributed by atoms with Gasteiger partial charge < -0.3 is 10.2 Å². The third-order valence-corrected chi connectivity index (χ3v) is 2.57. The van der Waals surface area contributed by atoms with Gasteiger partial charge in [-0.25, -0.2) is 0 Å². The Bertz CT molecular complexity index is 157. The minimum Gasteiger partial charge on any atom is -0.481 e. The molecule has 0 spiro atoms. The molecule has 0 heterocycles. The van der Waals surface area contributed by atoms with E-state index in [1.165, 1.54) is 0 Å². The molecular weight excluding hydrogens is 144 g/mol. The molecule has 1 fully saturated rings. The lowest BCUT2D eigenvalue weighted by molar-refractivity contribution is -0.150. The normalized spacial score (nSPS) is 38.5. The lowest BCUT2D eigenvalue weighted by Crippen LogP contribution is -2.33. The summed E-state index contributed by atoms with van der Waals surface area (Å²) in [5.74, 6) is -0.732. The summed E-state index contributed by atoms with van der Waals surface area (Å²) in [4.78, 5) is 10.7. The van der Waals surface area contributed by atoms with E-state index in [1.807, 2.05) is 0 Å². The highest BCUT2D eigenvalue weighted by Gasteiger charge is 2.36. The van der Waals surface area contributed by atoms with Crippen LogP contribution in [0.5, 0.6) is 0 Å². The van der Waals surface area contributed by atoms with Crippen LogP contribution >= 0.6 is 0 Å².